The monoisotopic (exact) mass is 925 g/mol. The minimum absolute atomic E-state index is 0.00593. The second kappa shape index (κ2) is 17.0. The van der Waals surface area contributed by atoms with Crippen molar-refractivity contribution in [3.63, 3.8) is 0 Å². The Labute approximate surface area is 425 Å². The van der Waals surface area contributed by atoms with Crippen LogP contribution >= 0.6 is 0 Å². The van der Waals surface area contributed by atoms with Crippen LogP contribution in [-0.4, -0.2) is 0 Å². The van der Waals surface area contributed by atoms with E-state index in [0.29, 0.717) is 11.8 Å². The molecule has 4 aliphatic carbocycles. The van der Waals surface area contributed by atoms with Crippen molar-refractivity contribution in [1.29, 1.82) is 0 Å². The van der Waals surface area contributed by atoms with Gasteiger partial charge in [-0.2, -0.15) is 0 Å². The van der Waals surface area contributed by atoms with Gasteiger partial charge in [-0.05, 0) is 162 Å². The van der Waals surface area contributed by atoms with Crippen molar-refractivity contribution in [3.8, 4) is 33.4 Å². The van der Waals surface area contributed by atoms with Crippen LogP contribution in [0.15, 0.2) is 231 Å². The van der Waals surface area contributed by atoms with Crippen molar-refractivity contribution in [1.82, 2.24) is 0 Å². The van der Waals surface area contributed by atoms with E-state index in [-0.39, 0.29) is 16.7 Å². The molecule has 0 N–H and O–H groups in total. The van der Waals surface area contributed by atoms with Crippen LogP contribution in [0.4, 0.5) is 17.1 Å². The Morgan fingerprint density at radius 1 is 0.444 bits per heavy atom. The van der Waals surface area contributed by atoms with Crippen LogP contribution in [-0.2, 0) is 23.7 Å². The zero-order valence-electron chi connectivity index (χ0n) is 41.4. The second-order valence-corrected chi connectivity index (χ2v) is 21.8. The smallest absolute Gasteiger partial charge is 0.0505 e. The highest BCUT2D eigenvalue weighted by atomic mass is 15.1. The molecule has 0 aromatic heterocycles. The van der Waals surface area contributed by atoms with Crippen LogP contribution in [0.25, 0.3) is 44.2 Å². The first kappa shape index (κ1) is 43.1. The van der Waals surface area contributed by atoms with E-state index in [2.05, 4.69) is 249 Å². The average molecular weight is 926 g/mol. The fourth-order valence-corrected chi connectivity index (χ4v) is 14.8. The summed E-state index contributed by atoms with van der Waals surface area (Å²) in [5.41, 5.74) is 24.5. The topological polar surface area (TPSA) is 3.24 Å². The molecule has 4 atom stereocenters. The van der Waals surface area contributed by atoms with Gasteiger partial charge in [0.2, 0.25) is 0 Å². The summed E-state index contributed by atoms with van der Waals surface area (Å²) in [4.78, 5) is 2.65. The van der Waals surface area contributed by atoms with E-state index in [1.54, 1.807) is 16.7 Å². The van der Waals surface area contributed by atoms with Gasteiger partial charge in [-0.15, -0.1) is 0 Å². The zero-order valence-corrected chi connectivity index (χ0v) is 41.4. The standard InChI is InChI=1S/C71H59N/c1-70(2)63-34-17-16-32-59(63)60-43-41-57(46-64(60)70)72(56-29-10-5-11-30-56)65-35-19-26-53-45-55-28-14-13-27-54-44-52-25-18-33-62(68(52)71(54,55)69(53)65)67(50-23-8-4-9-24-50)61-42-40-49-22-12-15-31-58(49)66(61)51-38-36-48(37-39-51)47-20-6-3-7-21-47/h3-12,15-26,29-43,46,54-55,67H,13-14,27-28,44-45H2,1-2H3. The van der Waals surface area contributed by atoms with Gasteiger partial charge in [-0.1, -0.05) is 227 Å². The van der Waals surface area contributed by atoms with Crippen LogP contribution < -0.4 is 4.90 Å². The van der Waals surface area contributed by atoms with E-state index in [1.165, 1.54) is 120 Å². The molecule has 0 aliphatic heterocycles. The maximum absolute atomic E-state index is 2.65. The highest BCUT2D eigenvalue weighted by Crippen LogP contribution is 2.66. The lowest BCUT2D eigenvalue weighted by atomic mass is 9.61. The number of anilines is 3. The average Bonchev–Trinajstić information content (AvgIpc) is 3.98. The molecule has 0 bridgehead atoms. The first-order valence-corrected chi connectivity index (χ1v) is 26.5. The van der Waals surface area contributed by atoms with Gasteiger partial charge in [-0.3, -0.25) is 0 Å². The van der Waals surface area contributed by atoms with E-state index < -0.39 is 0 Å². The predicted octanol–water partition coefficient (Wildman–Crippen LogP) is 18.3. The van der Waals surface area contributed by atoms with Gasteiger partial charge in [0.25, 0.3) is 0 Å². The summed E-state index contributed by atoms with van der Waals surface area (Å²) >= 11 is 0. The van der Waals surface area contributed by atoms with Crippen LogP contribution in [0.1, 0.15) is 95.5 Å². The molecule has 4 unspecified atom stereocenters. The van der Waals surface area contributed by atoms with E-state index in [9.17, 15) is 0 Å². The SMILES string of the molecule is CC1(C)c2ccccc2-c2ccc(N(c3ccccc3)c3cccc4c3C35c6c(cccc6C(c6ccccc6)c6ccc7ccccc7c6-c6ccc(-c7ccccc7)cc6)CC3CCCCC5C4)cc21. The third-order valence-corrected chi connectivity index (χ3v) is 17.8. The zero-order chi connectivity index (χ0) is 48.0. The van der Waals surface area contributed by atoms with Crippen molar-refractivity contribution in [2.24, 2.45) is 11.8 Å². The van der Waals surface area contributed by atoms with E-state index >= 15 is 0 Å². The van der Waals surface area contributed by atoms with Crippen LogP contribution in [0, 0.1) is 11.8 Å². The minimum Gasteiger partial charge on any atom is -0.310 e. The normalized spacial score (nSPS) is 19.3. The Morgan fingerprint density at radius 2 is 1.06 bits per heavy atom. The molecular formula is C71H59N. The number of benzene rings is 10. The Balaban J connectivity index is 1.01. The molecule has 10 aromatic rings. The van der Waals surface area contributed by atoms with Crippen LogP contribution in [0.3, 0.4) is 0 Å². The molecule has 0 radical (unpaired) electrons. The van der Waals surface area contributed by atoms with Crippen molar-refractivity contribution < 1.29 is 0 Å². The third kappa shape index (κ3) is 6.52. The number of fused-ring (bicyclic) bond motifs is 6. The summed E-state index contributed by atoms with van der Waals surface area (Å²) in [5, 5.41) is 2.57. The number of nitrogens with zero attached hydrogens (tertiary/aromatic N) is 1. The van der Waals surface area contributed by atoms with Gasteiger partial charge in [0.1, 0.15) is 0 Å². The predicted molar refractivity (Wildman–Crippen MR) is 301 cm³/mol. The van der Waals surface area contributed by atoms with Crippen LogP contribution in [0.2, 0.25) is 0 Å². The summed E-state index contributed by atoms with van der Waals surface area (Å²) in [6.45, 7) is 4.82. The molecule has 1 spiro atoms. The molecule has 4 aliphatic rings. The lowest BCUT2D eigenvalue weighted by Gasteiger charge is -2.43. The van der Waals surface area contributed by atoms with Gasteiger partial charge < -0.3 is 4.90 Å². The number of hydrogen-bond donors (Lipinski definition) is 0. The number of para-hydroxylation sites is 1. The first-order chi connectivity index (χ1) is 35.5. The van der Waals surface area contributed by atoms with Gasteiger partial charge in [-0.25, -0.2) is 0 Å². The van der Waals surface area contributed by atoms with Crippen molar-refractivity contribution >= 4 is 27.8 Å². The Morgan fingerprint density at radius 3 is 1.82 bits per heavy atom. The third-order valence-electron chi connectivity index (χ3n) is 17.8. The lowest BCUT2D eigenvalue weighted by Crippen LogP contribution is -2.39. The Bertz CT molecular complexity index is 3670. The van der Waals surface area contributed by atoms with E-state index in [1.807, 2.05) is 0 Å². The lowest BCUT2D eigenvalue weighted by molar-refractivity contribution is 0.257. The summed E-state index contributed by atoms with van der Waals surface area (Å²) in [7, 11) is 0. The maximum atomic E-state index is 2.65. The highest BCUT2D eigenvalue weighted by molar-refractivity contribution is 5.99. The van der Waals surface area contributed by atoms with Gasteiger partial charge >= 0.3 is 0 Å². The first-order valence-electron chi connectivity index (χ1n) is 26.5. The summed E-state index contributed by atoms with van der Waals surface area (Å²) < 4.78 is 0. The molecule has 0 amide bonds. The molecule has 348 valence electrons. The molecule has 1 fully saturated rings. The number of hydrogen-bond acceptors (Lipinski definition) is 1. The van der Waals surface area contributed by atoms with Gasteiger partial charge in [0.15, 0.2) is 0 Å². The summed E-state index contributed by atoms with van der Waals surface area (Å²) in [6, 6.07) is 88.1. The molecule has 0 heterocycles. The van der Waals surface area contributed by atoms with E-state index in [0.717, 1.165) is 12.8 Å². The molecule has 1 saturated carbocycles. The quantitative estimate of drug-likeness (QED) is 0.137. The Kier molecular flexibility index (Phi) is 10.1. The summed E-state index contributed by atoms with van der Waals surface area (Å²) in [5.74, 6) is 0.980. The molecule has 72 heavy (non-hydrogen) atoms. The molecule has 14 rings (SSSR count). The molecular weight excluding hydrogens is 867 g/mol. The molecule has 0 saturated heterocycles. The fraction of sp³-hybridized carbons (Fsp3) is 0.183. The summed E-state index contributed by atoms with van der Waals surface area (Å²) in [6.07, 6.45) is 7.25. The Hall–Kier alpha value is -7.74. The largest absolute Gasteiger partial charge is 0.310 e. The van der Waals surface area contributed by atoms with Gasteiger partial charge in [0, 0.05) is 28.1 Å². The van der Waals surface area contributed by atoms with Crippen molar-refractivity contribution in [2.45, 2.75) is 69.1 Å². The number of rotatable bonds is 8. The van der Waals surface area contributed by atoms with E-state index in [4.69, 9.17) is 0 Å². The second-order valence-electron chi connectivity index (χ2n) is 21.8. The van der Waals surface area contributed by atoms with Crippen molar-refractivity contribution in [3.05, 3.63) is 281 Å². The molecule has 1 heteroatoms. The van der Waals surface area contributed by atoms with Crippen LogP contribution in [0.5, 0.6) is 0 Å². The van der Waals surface area contributed by atoms with Gasteiger partial charge in [0.05, 0.1) is 5.69 Å². The molecule has 1 nitrogen and oxygen atoms in total. The van der Waals surface area contributed by atoms with Crippen molar-refractivity contribution in [2.75, 3.05) is 4.90 Å². The fourth-order valence-electron chi connectivity index (χ4n) is 14.8. The maximum Gasteiger partial charge on any atom is 0.0505 e. The highest BCUT2D eigenvalue weighted by Gasteiger charge is 2.59. The molecule has 10 aromatic carbocycles. The minimum atomic E-state index is -0.172.